The van der Waals surface area contributed by atoms with Gasteiger partial charge in [-0.2, -0.15) is 0 Å². The number of aliphatic hydroxyl groups is 1. The molecule has 2 atom stereocenters. The summed E-state index contributed by atoms with van der Waals surface area (Å²) in [5.41, 5.74) is 0.857. The van der Waals surface area contributed by atoms with Crippen molar-refractivity contribution in [1.29, 1.82) is 0 Å². The summed E-state index contributed by atoms with van der Waals surface area (Å²) < 4.78 is 23.0. The molecule has 0 aliphatic rings. The molecule has 5 heteroatoms. The lowest BCUT2D eigenvalue weighted by Crippen LogP contribution is -2.36. The molecule has 2 rings (SSSR count). The van der Waals surface area contributed by atoms with Crippen LogP contribution in [0, 0.1) is 0 Å². The van der Waals surface area contributed by atoms with Crippen LogP contribution in [0.15, 0.2) is 59.5 Å². The van der Waals surface area contributed by atoms with Gasteiger partial charge < -0.3 is 10.4 Å². The molecular formula is C18H23NO3S. The van der Waals surface area contributed by atoms with E-state index in [2.05, 4.69) is 5.32 Å². The zero-order chi connectivity index (χ0) is 17.1. The Morgan fingerprint density at radius 3 is 2.17 bits per heavy atom. The summed E-state index contributed by atoms with van der Waals surface area (Å²) in [6.07, 6.45) is 1.20. The molecule has 23 heavy (non-hydrogen) atoms. The molecule has 0 heterocycles. The van der Waals surface area contributed by atoms with Gasteiger partial charge in [-0.25, -0.2) is 8.42 Å². The highest BCUT2D eigenvalue weighted by molar-refractivity contribution is 7.90. The largest absolute Gasteiger partial charge is 0.384 e. The molecule has 0 aromatic heterocycles. The van der Waals surface area contributed by atoms with Gasteiger partial charge in [-0.3, -0.25) is 0 Å². The predicted octanol–water partition coefficient (Wildman–Crippen LogP) is 2.65. The maximum atomic E-state index is 11.5. The molecule has 2 aromatic rings. The Morgan fingerprint density at radius 2 is 1.65 bits per heavy atom. The topological polar surface area (TPSA) is 66.4 Å². The van der Waals surface area contributed by atoms with Gasteiger partial charge in [0.1, 0.15) is 0 Å². The fraction of sp³-hybridized carbons (Fsp3) is 0.333. The minimum atomic E-state index is -3.18. The molecule has 124 valence electrons. The molecule has 0 saturated carbocycles. The Kier molecular flexibility index (Phi) is 5.24. The Labute approximate surface area is 138 Å². The van der Waals surface area contributed by atoms with Crippen LogP contribution in [0.5, 0.6) is 0 Å². The molecule has 4 nitrogen and oxygen atoms in total. The van der Waals surface area contributed by atoms with Crippen LogP contribution in [0.1, 0.15) is 31.0 Å². The monoisotopic (exact) mass is 333 g/mol. The van der Waals surface area contributed by atoms with Crippen LogP contribution in [-0.2, 0) is 15.4 Å². The molecule has 2 aromatic carbocycles. The summed E-state index contributed by atoms with van der Waals surface area (Å²) in [4.78, 5) is 0.310. The third-order valence-electron chi connectivity index (χ3n) is 3.96. The van der Waals surface area contributed by atoms with E-state index < -0.39 is 15.4 Å². The first-order chi connectivity index (χ1) is 10.7. The van der Waals surface area contributed by atoms with E-state index in [1.54, 1.807) is 31.2 Å². The molecule has 0 aliphatic heterocycles. The van der Waals surface area contributed by atoms with E-state index in [1.165, 1.54) is 6.26 Å². The lowest BCUT2D eigenvalue weighted by molar-refractivity contribution is 0.0543. The van der Waals surface area contributed by atoms with E-state index in [1.807, 2.05) is 37.3 Å². The highest BCUT2D eigenvalue weighted by Crippen LogP contribution is 2.21. The van der Waals surface area contributed by atoms with Gasteiger partial charge in [0.2, 0.25) is 0 Å². The van der Waals surface area contributed by atoms with Gasteiger partial charge in [-0.1, -0.05) is 42.5 Å². The van der Waals surface area contributed by atoms with Gasteiger partial charge in [0.25, 0.3) is 0 Å². The van der Waals surface area contributed by atoms with Gasteiger partial charge in [0, 0.05) is 18.8 Å². The van der Waals surface area contributed by atoms with Crippen molar-refractivity contribution in [2.24, 2.45) is 0 Å². The second-order valence-electron chi connectivity index (χ2n) is 6.08. The zero-order valence-corrected chi connectivity index (χ0v) is 14.5. The van der Waals surface area contributed by atoms with Crippen molar-refractivity contribution < 1.29 is 13.5 Å². The fourth-order valence-electron chi connectivity index (χ4n) is 2.37. The third kappa shape index (κ3) is 4.64. The van der Waals surface area contributed by atoms with Gasteiger partial charge in [-0.05, 0) is 37.1 Å². The van der Waals surface area contributed by atoms with E-state index in [0.717, 1.165) is 11.1 Å². The average Bonchev–Trinajstić information content (AvgIpc) is 2.53. The van der Waals surface area contributed by atoms with Gasteiger partial charge in [0.15, 0.2) is 9.84 Å². The number of rotatable bonds is 6. The summed E-state index contributed by atoms with van der Waals surface area (Å²) in [5, 5.41) is 13.9. The molecule has 0 radical (unpaired) electrons. The molecule has 0 amide bonds. The van der Waals surface area contributed by atoms with Crippen LogP contribution in [0.25, 0.3) is 0 Å². The smallest absolute Gasteiger partial charge is 0.175 e. The minimum Gasteiger partial charge on any atom is -0.384 e. The van der Waals surface area contributed by atoms with Crippen molar-refractivity contribution in [2.45, 2.75) is 30.4 Å². The first kappa shape index (κ1) is 17.7. The van der Waals surface area contributed by atoms with Crippen molar-refractivity contribution in [3.63, 3.8) is 0 Å². The van der Waals surface area contributed by atoms with Crippen LogP contribution >= 0.6 is 0 Å². The van der Waals surface area contributed by atoms with E-state index in [-0.39, 0.29) is 6.04 Å². The van der Waals surface area contributed by atoms with Crippen LogP contribution in [0.3, 0.4) is 0 Å². The van der Waals surface area contributed by atoms with Crippen LogP contribution in [-0.4, -0.2) is 26.3 Å². The highest BCUT2D eigenvalue weighted by atomic mass is 32.2. The molecular weight excluding hydrogens is 310 g/mol. The molecule has 0 aliphatic carbocycles. The molecule has 0 saturated heterocycles. The third-order valence-corrected chi connectivity index (χ3v) is 5.08. The molecule has 0 bridgehead atoms. The quantitative estimate of drug-likeness (QED) is 0.853. The van der Waals surface area contributed by atoms with Crippen molar-refractivity contribution in [3.8, 4) is 0 Å². The van der Waals surface area contributed by atoms with Crippen LogP contribution < -0.4 is 5.32 Å². The standard InChI is InChI=1S/C18H23NO3S/c1-14(15-9-11-17(12-10-15)23(3,21)22)19-13-18(2,20)16-7-5-4-6-8-16/h4-12,14,19-20H,13H2,1-3H3. The lowest BCUT2D eigenvalue weighted by Gasteiger charge is -2.26. The van der Waals surface area contributed by atoms with Crippen molar-refractivity contribution in [2.75, 3.05) is 12.8 Å². The minimum absolute atomic E-state index is 0.00111. The average molecular weight is 333 g/mol. The van der Waals surface area contributed by atoms with Gasteiger partial charge in [-0.15, -0.1) is 0 Å². The first-order valence-corrected chi connectivity index (χ1v) is 9.40. The van der Waals surface area contributed by atoms with E-state index in [9.17, 15) is 13.5 Å². The summed E-state index contributed by atoms with van der Waals surface area (Å²) in [7, 11) is -3.18. The summed E-state index contributed by atoms with van der Waals surface area (Å²) in [6.45, 7) is 4.15. The maximum absolute atomic E-state index is 11.5. The maximum Gasteiger partial charge on any atom is 0.175 e. The Bertz CT molecular complexity index is 738. The van der Waals surface area contributed by atoms with Crippen molar-refractivity contribution in [3.05, 3.63) is 65.7 Å². The van der Waals surface area contributed by atoms with E-state index >= 15 is 0 Å². The Hall–Kier alpha value is -1.69. The summed E-state index contributed by atoms with van der Waals surface area (Å²) in [5.74, 6) is 0. The molecule has 2 unspecified atom stereocenters. The Balaban J connectivity index is 2.03. The van der Waals surface area contributed by atoms with Crippen LogP contribution in [0.4, 0.5) is 0 Å². The fourth-order valence-corrected chi connectivity index (χ4v) is 3.00. The number of sulfone groups is 1. The van der Waals surface area contributed by atoms with E-state index in [4.69, 9.17) is 0 Å². The van der Waals surface area contributed by atoms with E-state index in [0.29, 0.717) is 11.4 Å². The van der Waals surface area contributed by atoms with Crippen molar-refractivity contribution >= 4 is 9.84 Å². The molecule has 2 N–H and O–H groups in total. The normalized spacial score (nSPS) is 15.8. The zero-order valence-electron chi connectivity index (χ0n) is 13.7. The second kappa shape index (κ2) is 6.83. The highest BCUT2D eigenvalue weighted by Gasteiger charge is 2.23. The summed E-state index contributed by atoms with van der Waals surface area (Å²) in [6, 6.07) is 16.3. The second-order valence-corrected chi connectivity index (χ2v) is 8.10. The number of benzene rings is 2. The summed E-state index contributed by atoms with van der Waals surface area (Å²) >= 11 is 0. The Morgan fingerprint density at radius 1 is 1.09 bits per heavy atom. The predicted molar refractivity (Wildman–Crippen MR) is 92.0 cm³/mol. The first-order valence-electron chi connectivity index (χ1n) is 7.51. The number of nitrogens with one attached hydrogen (secondary N) is 1. The molecule has 0 fully saturated rings. The van der Waals surface area contributed by atoms with Gasteiger partial charge >= 0.3 is 0 Å². The van der Waals surface area contributed by atoms with Crippen LogP contribution in [0.2, 0.25) is 0 Å². The number of hydrogen-bond donors (Lipinski definition) is 2. The van der Waals surface area contributed by atoms with Crippen molar-refractivity contribution in [1.82, 2.24) is 5.32 Å². The molecule has 0 spiro atoms. The van der Waals surface area contributed by atoms with Gasteiger partial charge in [0.05, 0.1) is 10.5 Å². The number of hydrogen-bond acceptors (Lipinski definition) is 4. The lowest BCUT2D eigenvalue weighted by atomic mass is 9.95. The SMILES string of the molecule is CC(NCC(C)(O)c1ccccc1)c1ccc(S(C)(=O)=O)cc1.